The average Bonchev–Trinajstić information content (AvgIpc) is 2.86. The van der Waals surface area contributed by atoms with Crippen LogP contribution in [0, 0.1) is 0 Å². The zero-order valence-corrected chi connectivity index (χ0v) is 7.47. The van der Waals surface area contributed by atoms with Gasteiger partial charge < -0.3 is 16.4 Å². The van der Waals surface area contributed by atoms with Crippen LogP contribution in [0.25, 0.3) is 0 Å². The molecule has 70 valence electrons. The molecule has 1 saturated carbocycles. The maximum Gasteiger partial charge on any atom is 0.221 e. The van der Waals surface area contributed by atoms with Gasteiger partial charge in [0.1, 0.15) is 0 Å². The first-order valence-electron chi connectivity index (χ1n) is 4.43. The highest BCUT2D eigenvalue weighted by atomic mass is 16.1. The largest absolute Gasteiger partial charge is 0.359 e. The van der Waals surface area contributed by atoms with Gasteiger partial charge in [-0.25, -0.2) is 0 Å². The Morgan fingerprint density at radius 1 is 1.67 bits per heavy atom. The van der Waals surface area contributed by atoms with Crippen LogP contribution >= 0.6 is 0 Å². The quantitative estimate of drug-likeness (QED) is 0.507. The molecule has 0 bridgehead atoms. The number of nitrogens with one attached hydrogen (secondary N) is 2. The summed E-state index contributed by atoms with van der Waals surface area (Å²) in [5.41, 5.74) is 5.51. The topological polar surface area (TPSA) is 67.2 Å². The average molecular weight is 171 g/mol. The van der Waals surface area contributed by atoms with Gasteiger partial charge in [-0.15, -0.1) is 0 Å². The van der Waals surface area contributed by atoms with Crippen molar-refractivity contribution in [2.75, 3.05) is 13.6 Å². The molecule has 0 saturated heterocycles. The molecule has 1 unspecified atom stereocenters. The zero-order valence-electron chi connectivity index (χ0n) is 7.47. The molecule has 4 heteroatoms. The van der Waals surface area contributed by atoms with Crippen molar-refractivity contribution in [2.45, 2.75) is 31.3 Å². The summed E-state index contributed by atoms with van der Waals surface area (Å²) in [6.07, 6.45) is 2.94. The highest BCUT2D eigenvalue weighted by Crippen LogP contribution is 2.19. The Kier molecular flexibility index (Phi) is 3.49. The van der Waals surface area contributed by atoms with E-state index in [2.05, 4.69) is 10.6 Å². The predicted molar refractivity (Wildman–Crippen MR) is 47.7 cm³/mol. The normalized spacial score (nSPS) is 18.8. The Morgan fingerprint density at radius 2 is 2.33 bits per heavy atom. The third kappa shape index (κ3) is 3.19. The summed E-state index contributed by atoms with van der Waals surface area (Å²) in [6.45, 7) is 0.532. The molecule has 1 amide bonds. The first-order valence-corrected chi connectivity index (χ1v) is 4.43. The first-order chi connectivity index (χ1) is 5.76. The fourth-order valence-electron chi connectivity index (χ4n) is 1.12. The fourth-order valence-corrected chi connectivity index (χ4v) is 1.12. The lowest BCUT2D eigenvalue weighted by atomic mass is 10.2. The lowest BCUT2D eigenvalue weighted by Crippen LogP contribution is -2.41. The Hall–Kier alpha value is -0.610. The molecular formula is C8H17N3O. The van der Waals surface area contributed by atoms with Crippen molar-refractivity contribution < 1.29 is 4.79 Å². The summed E-state index contributed by atoms with van der Waals surface area (Å²) in [5, 5.41) is 5.91. The maximum atomic E-state index is 11.0. The molecule has 0 aliphatic heterocycles. The second-order valence-electron chi connectivity index (χ2n) is 3.25. The van der Waals surface area contributed by atoms with E-state index in [0.717, 1.165) is 0 Å². The van der Waals surface area contributed by atoms with E-state index in [4.69, 9.17) is 5.73 Å². The van der Waals surface area contributed by atoms with E-state index in [1.807, 2.05) is 0 Å². The van der Waals surface area contributed by atoms with E-state index in [0.29, 0.717) is 19.0 Å². The standard InChI is InChI=1S/C8H17N3O/c1-10-8(12)4-7(5-9)11-6-2-3-6/h6-7,11H,2-5,9H2,1H3,(H,10,12). The minimum atomic E-state index is 0.0543. The molecule has 1 aliphatic rings. The molecule has 4 N–H and O–H groups in total. The molecule has 1 rings (SSSR count). The van der Waals surface area contributed by atoms with Crippen LogP contribution in [-0.2, 0) is 4.79 Å². The van der Waals surface area contributed by atoms with Crippen molar-refractivity contribution in [1.29, 1.82) is 0 Å². The van der Waals surface area contributed by atoms with Crippen LogP contribution in [0.5, 0.6) is 0 Å². The summed E-state index contributed by atoms with van der Waals surface area (Å²) >= 11 is 0. The van der Waals surface area contributed by atoms with Gasteiger partial charge in [0.2, 0.25) is 5.91 Å². The third-order valence-electron chi connectivity index (χ3n) is 2.04. The van der Waals surface area contributed by atoms with Crippen LogP contribution in [-0.4, -0.2) is 31.6 Å². The molecule has 1 fully saturated rings. The number of carbonyl (C=O) groups excluding carboxylic acids is 1. The van der Waals surface area contributed by atoms with Crippen molar-refractivity contribution in [3.63, 3.8) is 0 Å². The zero-order chi connectivity index (χ0) is 8.97. The van der Waals surface area contributed by atoms with Crippen LogP contribution in [0.3, 0.4) is 0 Å². The smallest absolute Gasteiger partial charge is 0.221 e. The molecule has 0 aromatic rings. The van der Waals surface area contributed by atoms with Crippen LogP contribution in [0.4, 0.5) is 0 Å². The highest BCUT2D eigenvalue weighted by Gasteiger charge is 2.24. The van der Waals surface area contributed by atoms with Crippen LogP contribution < -0.4 is 16.4 Å². The summed E-state index contributed by atoms with van der Waals surface area (Å²) in [6, 6.07) is 0.764. The van der Waals surface area contributed by atoms with Crippen LogP contribution in [0.2, 0.25) is 0 Å². The summed E-state index contributed by atoms with van der Waals surface area (Å²) in [7, 11) is 1.65. The maximum absolute atomic E-state index is 11.0. The minimum absolute atomic E-state index is 0.0543. The third-order valence-corrected chi connectivity index (χ3v) is 2.04. The lowest BCUT2D eigenvalue weighted by molar-refractivity contribution is -0.121. The van der Waals surface area contributed by atoms with Crippen LogP contribution in [0.1, 0.15) is 19.3 Å². The number of rotatable bonds is 5. The summed E-state index contributed by atoms with van der Waals surface area (Å²) in [5.74, 6) is 0.0543. The van der Waals surface area contributed by atoms with Gasteiger partial charge >= 0.3 is 0 Å². The highest BCUT2D eigenvalue weighted by molar-refractivity contribution is 5.76. The predicted octanol–water partition coefficient (Wildman–Crippen LogP) is -0.798. The lowest BCUT2D eigenvalue weighted by Gasteiger charge is -2.14. The van der Waals surface area contributed by atoms with Gasteiger partial charge in [-0.05, 0) is 12.8 Å². The summed E-state index contributed by atoms with van der Waals surface area (Å²) < 4.78 is 0. The molecule has 1 aliphatic carbocycles. The molecule has 0 spiro atoms. The van der Waals surface area contributed by atoms with Gasteiger partial charge in [-0.3, -0.25) is 4.79 Å². The second-order valence-corrected chi connectivity index (χ2v) is 3.25. The van der Waals surface area contributed by atoms with Gasteiger partial charge in [0.25, 0.3) is 0 Å². The Bertz CT molecular complexity index is 156. The van der Waals surface area contributed by atoms with E-state index in [9.17, 15) is 4.79 Å². The Morgan fingerprint density at radius 3 is 2.75 bits per heavy atom. The van der Waals surface area contributed by atoms with E-state index < -0.39 is 0 Å². The molecular weight excluding hydrogens is 154 g/mol. The van der Waals surface area contributed by atoms with Crippen molar-refractivity contribution in [3.8, 4) is 0 Å². The Balaban J connectivity index is 2.18. The van der Waals surface area contributed by atoms with E-state index in [-0.39, 0.29) is 11.9 Å². The molecule has 4 nitrogen and oxygen atoms in total. The number of hydrogen-bond donors (Lipinski definition) is 3. The van der Waals surface area contributed by atoms with Crippen molar-refractivity contribution in [2.24, 2.45) is 5.73 Å². The molecule has 12 heavy (non-hydrogen) atoms. The van der Waals surface area contributed by atoms with Crippen molar-refractivity contribution in [1.82, 2.24) is 10.6 Å². The summed E-state index contributed by atoms with van der Waals surface area (Å²) in [4.78, 5) is 11.0. The molecule has 1 atom stereocenters. The fraction of sp³-hybridized carbons (Fsp3) is 0.875. The van der Waals surface area contributed by atoms with Gasteiger partial charge in [-0.2, -0.15) is 0 Å². The number of carbonyl (C=O) groups is 1. The van der Waals surface area contributed by atoms with E-state index in [1.165, 1.54) is 12.8 Å². The van der Waals surface area contributed by atoms with Gasteiger partial charge in [0.15, 0.2) is 0 Å². The van der Waals surface area contributed by atoms with E-state index in [1.54, 1.807) is 7.05 Å². The number of hydrogen-bond acceptors (Lipinski definition) is 3. The van der Waals surface area contributed by atoms with Gasteiger partial charge in [-0.1, -0.05) is 0 Å². The molecule has 0 radical (unpaired) electrons. The molecule has 0 aromatic carbocycles. The van der Waals surface area contributed by atoms with Gasteiger partial charge in [0, 0.05) is 32.1 Å². The van der Waals surface area contributed by atoms with Crippen molar-refractivity contribution >= 4 is 5.91 Å². The first kappa shape index (κ1) is 9.48. The monoisotopic (exact) mass is 171 g/mol. The van der Waals surface area contributed by atoms with Crippen molar-refractivity contribution in [3.05, 3.63) is 0 Å². The van der Waals surface area contributed by atoms with Gasteiger partial charge in [0.05, 0.1) is 0 Å². The number of amides is 1. The minimum Gasteiger partial charge on any atom is -0.359 e. The Labute approximate surface area is 72.9 Å². The molecule has 0 heterocycles. The van der Waals surface area contributed by atoms with E-state index >= 15 is 0 Å². The number of nitrogens with two attached hydrogens (primary N) is 1. The van der Waals surface area contributed by atoms with Crippen LogP contribution in [0.15, 0.2) is 0 Å². The SMILES string of the molecule is CNC(=O)CC(CN)NC1CC1. The second kappa shape index (κ2) is 4.42. The molecule has 0 aromatic heterocycles.